The summed E-state index contributed by atoms with van der Waals surface area (Å²) in [6.45, 7) is 6.75. The Morgan fingerprint density at radius 2 is 1.40 bits per heavy atom. The second-order valence-electron chi connectivity index (χ2n) is 3.43. The Hall–Kier alpha value is -0.960. The molecule has 1 aromatic rings. The molecule has 2 heterocycles. The molecule has 15 heavy (non-hydrogen) atoms. The number of aromatic nitrogens is 2. The van der Waals surface area contributed by atoms with Crippen molar-refractivity contribution in [3.63, 3.8) is 0 Å². The smallest absolute Gasteiger partial charge is 0.0496 e. The molecule has 0 aliphatic carbocycles. The number of hydrogen-bond acceptors (Lipinski definition) is 3. The quantitative estimate of drug-likeness (QED) is 0.714. The second kappa shape index (κ2) is 13.0. The van der Waals surface area contributed by atoms with Gasteiger partial charge in [0, 0.05) is 12.4 Å². The highest BCUT2D eigenvalue weighted by atomic mass is 15.1. The molecule has 0 bridgehead atoms. The van der Waals surface area contributed by atoms with Crippen LogP contribution in [0.2, 0.25) is 0 Å². The fourth-order valence-electron chi connectivity index (χ4n) is 1.06. The van der Waals surface area contributed by atoms with E-state index < -0.39 is 0 Å². The lowest BCUT2D eigenvalue weighted by Gasteiger charge is -2.08. The van der Waals surface area contributed by atoms with Crippen LogP contribution in [0.1, 0.15) is 39.5 Å². The van der Waals surface area contributed by atoms with Gasteiger partial charge in [-0.1, -0.05) is 26.7 Å². The third kappa shape index (κ3) is 13.0. The van der Waals surface area contributed by atoms with E-state index in [1.54, 1.807) is 12.4 Å². The minimum absolute atomic E-state index is 1.25. The van der Waals surface area contributed by atoms with Crippen molar-refractivity contribution in [2.45, 2.75) is 39.5 Å². The molecule has 1 aliphatic heterocycles. The van der Waals surface area contributed by atoms with E-state index in [9.17, 15) is 0 Å². The normalized spacial score (nSPS) is 14.0. The van der Waals surface area contributed by atoms with Crippen molar-refractivity contribution in [3.05, 3.63) is 24.5 Å². The lowest BCUT2D eigenvalue weighted by atomic mass is 10.2. The van der Waals surface area contributed by atoms with E-state index in [1.165, 1.54) is 38.8 Å². The van der Waals surface area contributed by atoms with Crippen LogP contribution in [0.25, 0.3) is 0 Å². The fourth-order valence-corrected chi connectivity index (χ4v) is 1.06. The molecule has 0 atom stereocenters. The van der Waals surface area contributed by atoms with Crippen molar-refractivity contribution in [1.82, 2.24) is 15.5 Å². The summed E-state index contributed by atoms with van der Waals surface area (Å²) in [6, 6.07) is 3.65. The van der Waals surface area contributed by atoms with Crippen LogP contribution in [-0.2, 0) is 0 Å². The van der Waals surface area contributed by atoms with E-state index in [0.29, 0.717) is 0 Å². The number of nitrogens with one attached hydrogen (secondary N) is 1. The Labute approximate surface area is 93.3 Å². The SMILES string of the molecule is C1CCNCC1.CCC.c1ccnnc1. The zero-order chi connectivity index (χ0) is 11.2. The molecule has 3 nitrogen and oxygen atoms in total. The average molecular weight is 209 g/mol. The lowest BCUT2D eigenvalue weighted by molar-refractivity contribution is 0.520. The molecular formula is C12H23N3. The van der Waals surface area contributed by atoms with Crippen molar-refractivity contribution < 1.29 is 0 Å². The summed E-state index contributed by atoms with van der Waals surface area (Å²) in [5.41, 5.74) is 0. The van der Waals surface area contributed by atoms with E-state index in [-0.39, 0.29) is 0 Å². The average Bonchev–Trinajstić information content (AvgIpc) is 2.35. The molecular weight excluding hydrogens is 186 g/mol. The number of hydrogen-bond donors (Lipinski definition) is 1. The molecule has 0 unspecified atom stereocenters. The number of piperidine rings is 1. The van der Waals surface area contributed by atoms with Crippen molar-refractivity contribution in [2.24, 2.45) is 0 Å². The number of rotatable bonds is 0. The Kier molecular flexibility index (Phi) is 12.2. The van der Waals surface area contributed by atoms with Gasteiger partial charge < -0.3 is 5.32 Å². The van der Waals surface area contributed by atoms with Gasteiger partial charge in [-0.15, -0.1) is 0 Å². The summed E-state index contributed by atoms with van der Waals surface area (Å²) >= 11 is 0. The predicted molar refractivity (Wildman–Crippen MR) is 64.7 cm³/mol. The van der Waals surface area contributed by atoms with Gasteiger partial charge in [-0.2, -0.15) is 10.2 Å². The van der Waals surface area contributed by atoms with Crippen molar-refractivity contribution >= 4 is 0 Å². The van der Waals surface area contributed by atoms with Crippen LogP contribution in [0.4, 0.5) is 0 Å². The first-order valence-electron chi connectivity index (χ1n) is 5.84. The highest BCUT2D eigenvalue weighted by molar-refractivity contribution is 4.79. The highest BCUT2D eigenvalue weighted by Crippen LogP contribution is 1.96. The Morgan fingerprint density at radius 3 is 1.53 bits per heavy atom. The molecule has 1 saturated heterocycles. The van der Waals surface area contributed by atoms with Gasteiger partial charge in [0.25, 0.3) is 0 Å². The zero-order valence-electron chi connectivity index (χ0n) is 9.95. The van der Waals surface area contributed by atoms with Gasteiger partial charge >= 0.3 is 0 Å². The maximum absolute atomic E-state index is 3.53. The summed E-state index contributed by atoms with van der Waals surface area (Å²) in [5, 5.41) is 10.4. The van der Waals surface area contributed by atoms with Crippen LogP contribution in [-0.4, -0.2) is 23.3 Å². The lowest BCUT2D eigenvalue weighted by Crippen LogP contribution is -2.21. The zero-order valence-corrected chi connectivity index (χ0v) is 9.95. The van der Waals surface area contributed by atoms with Crippen LogP contribution >= 0.6 is 0 Å². The van der Waals surface area contributed by atoms with Gasteiger partial charge in [0.15, 0.2) is 0 Å². The van der Waals surface area contributed by atoms with Crippen LogP contribution < -0.4 is 5.32 Å². The Bertz CT molecular complexity index is 147. The van der Waals surface area contributed by atoms with Crippen molar-refractivity contribution in [2.75, 3.05) is 13.1 Å². The topological polar surface area (TPSA) is 37.8 Å². The minimum atomic E-state index is 1.25. The molecule has 0 saturated carbocycles. The van der Waals surface area contributed by atoms with E-state index in [1.807, 2.05) is 12.1 Å². The molecule has 3 heteroatoms. The molecule has 1 aliphatic rings. The van der Waals surface area contributed by atoms with E-state index in [2.05, 4.69) is 29.4 Å². The van der Waals surface area contributed by atoms with Gasteiger partial charge in [-0.05, 0) is 38.1 Å². The third-order valence-electron chi connectivity index (χ3n) is 1.69. The molecule has 1 fully saturated rings. The van der Waals surface area contributed by atoms with E-state index >= 15 is 0 Å². The largest absolute Gasteiger partial charge is 0.317 e. The van der Waals surface area contributed by atoms with Crippen LogP contribution in [0.5, 0.6) is 0 Å². The van der Waals surface area contributed by atoms with Gasteiger partial charge in [0.2, 0.25) is 0 Å². The maximum Gasteiger partial charge on any atom is 0.0496 e. The summed E-state index contributed by atoms with van der Waals surface area (Å²) < 4.78 is 0. The molecule has 0 aromatic carbocycles. The molecule has 0 spiro atoms. The standard InChI is InChI=1S/C5H11N.C4H4N2.C3H8/c2*1-2-4-6-5-3-1;1-3-2/h6H,1-5H2;1-4H;3H2,1-2H3. The molecule has 1 N–H and O–H groups in total. The highest BCUT2D eigenvalue weighted by Gasteiger charge is 1.93. The molecule has 1 aromatic heterocycles. The molecule has 0 amide bonds. The van der Waals surface area contributed by atoms with Crippen LogP contribution in [0, 0.1) is 0 Å². The van der Waals surface area contributed by atoms with Gasteiger partial charge in [0.05, 0.1) is 0 Å². The summed E-state index contributed by atoms with van der Waals surface area (Å²) in [5.74, 6) is 0. The fraction of sp³-hybridized carbons (Fsp3) is 0.667. The minimum Gasteiger partial charge on any atom is -0.317 e. The number of nitrogens with zero attached hydrogens (tertiary/aromatic N) is 2. The molecule has 2 rings (SSSR count). The summed E-state index contributed by atoms with van der Waals surface area (Å²) in [6.07, 6.45) is 8.74. The van der Waals surface area contributed by atoms with Gasteiger partial charge in [0.1, 0.15) is 0 Å². The first kappa shape index (κ1) is 14.0. The third-order valence-corrected chi connectivity index (χ3v) is 1.69. The van der Waals surface area contributed by atoms with Crippen molar-refractivity contribution in [1.29, 1.82) is 0 Å². The predicted octanol–water partition coefficient (Wildman–Crippen LogP) is 2.65. The van der Waals surface area contributed by atoms with E-state index in [0.717, 1.165) is 0 Å². The van der Waals surface area contributed by atoms with Crippen LogP contribution in [0.15, 0.2) is 24.5 Å². The molecule has 0 radical (unpaired) electrons. The maximum atomic E-state index is 3.53. The summed E-state index contributed by atoms with van der Waals surface area (Å²) in [7, 11) is 0. The van der Waals surface area contributed by atoms with Gasteiger partial charge in [-0.25, -0.2) is 0 Å². The van der Waals surface area contributed by atoms with Crippen molar-refractivity contribution in [3.8, 4) is 0 Å². The first-order chi connectivity index (χ1) is 7.41. The first-order valence-corrected chi connectivity index (χ1v) is 5.84. The Morgan fingerprint density at radius 1 is 0.933 bits per heavy atom. The van der Waals surface area contributed by atoms with Crippen LogP contribution in [0.3, 0.4) is 0 Å². The van der Waals surface area contributed by atoms with E-state index in [4.69, 9.17) is 0 Å². The van der Waals surface area contributed by atoms with Gasteiger partial charge in [-0.3, -0.25) is 0 Å². The Balaban J connectivity index is 0.000000210. The monoisotopic (exact) mass is 209 g/mol. The summed E-state index contributed by atoms with van der Waals surface area (Å²) in [4.78, 5) is 0. The second-order valence-corrected chi connectivity index (χ2v) is 3.43. The molecule has 86 valence electrons.